The molecule has 0 N–H and O–H groups in total. The van der Waals surface area contributed by atoms with E-state index < -0.39 is 0 Å². The van der Waals surface area contributed by atoms with Crippen molar-refractivity contribution in [3.63, 3.8) is 0 Å². The summed E-state index contributed by atoms with van der Waals surface area (Å²) < 4.78 is 24.3. The summed E-state index contributed by atoms with van der Waals surface area (Å²) >= 11 is 0. The molecule has 3 nitrogen and oxygen atoms in total. The molecule has 0 fully saturated rings. The lowest BCUT2D eigenvalue weighted by molar-refractivity contribution is 0.104. The number of rotatable bonds is 3. The lowest BCUT2D eigenvalue weighted by atomic mass is 10.1. The number of hydrogen-bond acceptors (Lipinski definition) is 3. The standard InChI is InChI=1S/C17H13FO3/c18-14-4-2-1-3-12(14)5-7-15(19)13-6-8-16-17(11-13)21-10-9-20-16/h1-8,11H,9-10H2/b7-5+. The molecule has 0 aromatic heterocycles. The Balaban J connectivity index is 1.81. The molecule has 4 heteroatoms. The smallest absolute Gasteiger partial charge is 0.185 e. The molecule has 0 spiro atoms. The SMILES string of the molecule is O=C(/C=C/c1ccccc1F)c1ccc2c(c1)OCCO2. The van der Waals surface area contributed by atoms with Crippen LogP contribution in [0.15, 0.2) is 48.5 Å². The average Bonchev–Trinajstić information content (AvgIpc) is 2.53. The van der Waals surface area contributed by atoms with E-state index in [1.807, 2.05) is 0 Å². The van der Waals surface area contributed by atoms with Gasteiger partial charge in [-0.05, 0) is 36.4 Å². The molecule has 0 aliphatic carbocycles. The molecule has 0 bridgehead atoms. The second kappa shape index (κ2) is 5.79. The number of carbonyl (C=O) groups is 1. The van der Waals surface area contributed by atoms with Gasteiger partial charge >= 0.3 is 0 Å². The van der Waals surface area contributed by atoms with Gasteiger partial charge in [-0.1, -0.05) is 18.2 Å². The number of benzene rings is 2. The zero-order chi connectivity index (χ0) is 14.7. The van der Waals surface area contributed by atoms with E-state index in [2.05, 4.69) is 0 Å². The topological polar surface area (TPSA) is 35.5 Å². The fourth-order valence-corrected chi connectivity index (χ4v) is 2.07. The van der Waals surface area contributed by atoms with Gasteiger partial charge in [-0.15, -0.1) is 0 Å². The molecule has 21 heavy (non-hydrogen) atoms. The predicted octanol–water partition coefficient (Wildman–Crippen LogP) is 3.49. The number of carbonyl (C=O) groups excluding carboxylic acids is 1. The normalized spacial score (nSPS) is 13.4. The molecule has 3 rings (SSSR count). The van der Waals surface area contributed by atoms with E-state index in [1.165, 1.54) is 18.2 Å². The highest BCUT2D eigenvalue weighted by Gasteiger charge is 2.13. The highest BCUT2D eigenvalue weighted by atomic mass is 19.1. The summed E-state index contributed by atoms with van der Waals surface area (Å²) in [7, 11) is 0. The summed E-state index contributed by atoms with van der Waals surface area (Å²) in [6.07, 6.45) is 2.82. The van der Waals surface area contributed by atoms with Crippen molar-refractivity contribution in [2.24, 2.45) is 0 Å². The van der Waals surface area contributed by atoms with Crippen molar-refractivity contribution in [3.8, 4) is 11.5 Å². The van der Waals surface area contributed by atoms with Gasteiger partial charge in [0.15, 0.2) is 17.3 Å². The van der Waals surface area contributed by atoms with Crippen LogP contribution in [-0.4, -0.2) is 19.0 Å². The molecule has 106 valence electrons. The Morgan fingerprint density at radius 2 is 1.81 bits per heavy atom. The molecular weight excluding hydrogens is 271 g/mol. The van der Waals surface area contributed by atoms with Crippen LogP contribution in [0.4, 0.5) is 4.39 Å². The van der Waals surface area contributed by atoms with Gasteiger partial charge < -0.3 is 9.47 Å². The fraction of sp³-hybridized carbons (Fsp3) is 0.118. The van der Waals surface area contributed by atoms with Crippen LogP contribution in [0, 0.1) is 5.82 Å². The van der Waals surface area contributed by atoms with Gasteiger partial charge in [-0.3, -0.25) is 4.79 Å². The molecule has 0 amide bonds. The molecular formula is C17H13FO3. The maximum Gasteiger partial charge on any atom is 0.185 e. The van der Waals surface area contributed by atoms with Crippen molar-refractivity contribution in [1.82, 2.24) is 0 Å². The number of fused-ring (bicyclic) bond motifs is 1. The molecule has 0 unspecified atom stereocenters. The molecule has 1 heterocycles. The first-order valence-electron chi connectivity index (χ1n) is 6.60. The van der Waals surface area contributed by atoms with Crippen LogP contribution in [0.3, 0.4) is 0 Å². The van der Waals surface area contributed by atoms with Gasteiger partial charge in [0.05, 0.1) is 0 Å². The van der Waals surface area contributed by atoms with Crippen molar-refractivity contribution in [1.29, 1.82) is 0 Å². The molecule has 0 atom stereocenters. The Labute approximate surface area is 121 Å². The molecule has 2 aromatic carbocycles. The number of ether oxygens (including phenoxy) is 2. The van der Waals surface area contributed by atoms with Gasteiger partial charge in [-0.25, -0.2) is 4.39 Å². The molecule has 0 radical (unpaired) electrons. The Morgan fingerprint density at radius 1 is 1.05 bits per heavy atom. The molecule has 0 saturated heterocycles. The summed E-state index contributed by atoms with van der Waals surface area (Å²) in [5, 5.41) is 0. The third-order valence-corrected chi connectivity index (χ3v) is 3.15. The van der Waals surface area contributed by atoms with E-state index in [0.717, 1.165) is 0 Å². The van der Waals surface area contributed by atoms with Gasteiger partial charge in [0.25, 0.3) is 0 Å². The highest BCUT2D eigenvalue weighted by molar-refractivity contribution is 6.07. The number of halogens is 1. The van der Waals surface area contributed by atoms with E-state index in [0.29, 0.717) is 35.8 Å². The van der Waals surface area contributed by atoms with Gasteiger partial charge in [0.2, 0.25) is 0 Å². The zero-order valence-electron chi connectivity index (χ0n) is 11.2. The Bertz CT molecular complexity index is 707. The van der Waals surface area contributed by atoms with Crippen LogP contribution >= 0.6 is 0 Å². The lowest BCUT2D eigenvalue weighted by Crippen LogP contribution is -2.15. The van der Waals surface area contributed by atoms with Gasteiger partial charge in [0.1, 0.15) is 19.0 Å². The summed E-state index contributed by atoms with van der Waals surface area (Å²) in [6.45, 7) is 0.975. The van der Waals surface area contributed by atoms with Gasteiger partial charge in [-0.2, -0.15) is 0 Å². The Morgan fingerprint density at radius 3 is 2.62 bits per heavy atom. The quantitative estimate of drug-likeness (QED) is 0.639. The summed E-state index contributed by atoms with van der Waals surface area (Å²) in [6, 6.07) is 11.3. The minimum atomic E-state index is -0.358. The molecule has 1 aliphatic heterocycles. The van der Waals surface area contributed by atoms with Crippen molar-refractivity contribution in [2.45, 2.75) is 0 Å². The number of hydrogen-bond donors (Lipinski definition) is 0. The van der Waals surface area contributed by atoms with E-state index in [4.69, 9.17) is 9.47 Å². The average molecular weight is 284 g/mol. The molecule has 0 saturated carbocycles. The first-order valence-corrected chi connectivity index (χ1v) is 6.60. The second-order valence-corrected chi connectivity index (χ2v) is 4.58. The lowest BCUT2D eigenvalue weighted by Gasteiger charge is -2.18. The third-order valence-electron chi connectivity index (χ3n) is 3.15. The largest absolute Gasteiger partial charge is 0.486 e. The minimum Gasteiger partial charge on any atom is -0.486 e. The zero-order valence-corrected chi connectivity index (χ0v) is 11.2. The highest BCUT2D eigenvalue weighted by Crippen LogP contribution is 2.30. The van der Waals surface area contributed by atoms with Crippen molar-refractivity contribution >= 4 is 11.9 Å². The van der Waals surface area contributed by atoms with E-state index in [-0.39, 0.29) is 11.6 Å². The van der Waals surface area contributed by atoms with Crippen LogP contribution in [0.5, 0.6) is 11.5 Å². The van der Waals surface area contributed by atoms with Crippen LogP contribution in [0.25, 0.3) is 6.08 Å². The van der Waals surface area contributed by atoms with E-state index >= 15 is 0 Å². The van der Waals surface area contributed by atoms with Crippen LogP contribution in [0.1, 0.15) is 15.9 Å². The summed E-state index contributed by atoms with van der Waals surface area (Å²) in [5.41, 5.74) is 0.857. The monoisotopic (exact) mass is 284 g/mol. The predicted molar refractivity (Wildman–Crippen MR) is 77.2 cm³/mol. The second-order valence-electron chi connectivity index (χ2n) is 4.58. The number of ketones is 1. The van der Waals surface area contributed by atoms with E-state index in [9.17, 15) is 9.18 Å². The maximum atomic E-state index is 13.5. The maximum absolute atomic E-state index is 13.5. The minimum absolute atomic E-state index is 0.213. The van der Waals surface area contributed by atoms with E-state index in [1.54, 1.807) is 36.4 Å². The van der Waals surface area contributed by atoms with Crippen molar-refractivity contribution < 1.29 is 18.7 Å². The molecule has 1 aliphatic rings. The van der Waals surface area contributed by atoms with Crippen molar-refractivity contribution in [2.75, 3.05) is 13.2 Å². The van der Waals surface area contributed by atoms with Crippen LogP contribution in [-0.2, 0) is 0 Å². The Hall–Kier alpha value is -2.62. The third kappa shape index (κ3) is 2.94. The first kappa shape index (κ1) is 13.4. The first-order chi connectivity index (χ1) is 10.2. The number of allylic oxidation sites excluding steroid dienone is 1. The molecule has 2 aromatic rings. The van der Waals surface area contributed by atoms with Gasteiger partial charge in [0, 0.05) is 11.1 Å². The fourth-order valence-electron chi connectivity index (χ4n) is 2.07. The van der Waals surface area contributed by atoms with Crippen LogP contribution < -0.4 is 9.47 Å². The summed E-state index contributed by atoms with van der Waals surface area (Å²) in [4.78, 5) is 12.1. The Kier molecular flexibility index (Phi) is 3.69. The van der Waals surface area contributed by atoms with Crippen LogP contribution in [0.2, 0.25) is 0 Å². The summed E-state index contributed by atoms with van der Waals surface area (Å²) in [5.74, 6) is 0.626. The van der Waals surface area contributed by atoms with Crippen molar-refractivity contribution in [3.05, 3.63) is 65.5 Å².